The van der Waals surface area contributed by atoms with E-state index in [4.69, 9.17) is 33.0 Å². The molecule has 4 aromatic rings. The first-order valence-electron chi connectivity index (χ1n) is 13.5. The average Bonchev–Trinajstić information content (AvgIpc) is 3.31. The highest BCUT2D eigenvalue weighted by Gasteiger charge is 2.21. The molecule has 1 saturated heterocycles. The van der Waals surface area contributed by atoms with E-state index in [0.29, 0.717) is 54.3 Å². The van der Waals surface area contributed by atoms with Crippen molar-refractivity contribution in [3.05, 3.63) is 70.7 Å². The highest BCUT2D eigenvalue weighted by atomic mass is 35.5. The van der Waals surface area contributed by atoms with Gasteiger partial charge in [0.1, 0.15) is 0 Å². The standard InChI is InChI=1S/C30H34Cl2N6O3/c1-30(2,41-3)13-14-38-26-19-21(9-12-23(26)28(35-38)34-27-24(31)5-4-6-25(27)32)33-20-7-10-22(11-8-20)36-15-17-37(18-16-36)29(39)40/h4-12,19,33H,13-18H2,1-3H3,(H,34,35)(H,39,40). The Hall–Kier alpha value is -3.66. The van der Waals surface area contributed by atoms with Gasteiger partial charge in [0.05, 0.1) is 26.9 Å². The van der Waals surface area contributed by atoms with Gasteiger partial charge in [-0.25, -0.2) is 4.79 Å². The Morgan fingerprint density at radius 3 is 2.27 bits per heavy atom. The molecular weight excluding hydrogens is 563 g/mol. The zero-order valence-electron chi connectivity index (χ0n) is 23.3. The predicted molar refractivity (Wildman–Crippen MR) is 167 cm³/mol. The van der Waals surface area contributed by atoms with Gasteiger partial charge < -0.3 is 30.3 Å². The molecule has 0 aliphatic carbocycles. The zero-order valence-corrected chi connectivity index (χ0v) is 24.8. The number of hydrogen-bond acceptors (Lipinski definition) is 6. The summed E-state index contributed by atoms with van der Waals surface area (Å²) in [6.45, 7) is 7.13. The molecule has 0 unspecified atom stereocenters. The first-order valence-corrected chi connectivity index (χ1v) is 14.3. The molecule has 0 bridgehead atoms. The van der Waals surface area contributed by atoms with E-state index in [2.05, 4.69) is 47.6 Å². The van der Waals surface area contributed by atoms with E-state index in [-0.39, 0.29) is 5.60 Å². The summed E-state index contributed by atoms with van der Waals surface area (Å²) in [5.41, 5.74) is 4.23. The number of piperazine rings is 1. The Kier molecular flexibility index (Phi) is 8.49. The number of carbonyl (C=O) groups is 1. The molecule has 5 rings (SSSR count). The van der Waals surface area contributed by atoms with Crippen molar-refractivity contribution in [2.24, 2.45) is 0 Å². The molecule has 9 nitrogen and oxygen atoms in total. The first-order chi connectivity index (χ1) is 19.6. The van der Waals surface area contributed by atoms with E-state index in [1.54, 1.807) is 19.2 Å². The Morgan fingerprint density at radius 1 is 0.976 bits per heavy atom. The summed E-state index contributed by atoms with van der Waals surface area (Å²) < 4.78 is 7.62. The molecule has 216 valence electrons. The molecular formula is C30H34Cl2N6O3. The van der Waals surface area contributed by atoms with E-state index in [0.717, 1.165) is 34.4 Å². The number of ether oxygens (including phenoxy) is 1. The third-order valence-electron chi connectivity index (χ3n) is 7.51. The number of carboxylic acid groups (broad SMARTS) is 1. The number of rotatable bonds is 9. The Morgan fingerprint density at radius 2 is 1.63 bits per heavy atom. The largest absolute Gasteiger partial charge is 0.465 e. The lowest BCUT2D eigenvalue weighted by atomic mass is 10.1. The van der Waals surface area contributed by atoms with Gasteiger partial charge in [0, 0.05) is 62.3 Å². The zero-order chi connectivity index (χ0) is 29.1. The van der Waals surface area contributed by atoms with Gasteiger partial charge in [0.2, 0.25) is 0 Å². The van der Waals surface area contributed by atoms with Gasteiger partial charge >= 0.3 is 6.09 Å². The summed E-state index contributed by atoms with van der Waals surface area (Å²) in [4.78, 5) is 14.9. The SMILES string of the molecule is COC(C)(C)CCn1nc(Nc2c(Cl)cccc2Cl)c2ccc(Nc3ccc(N4CCN(C(=O)O)CC4)cc3)cc21. The molecule has 11 heteroatoms. The van der Waals surface area contributed by atoms with Crippen LogP contribution in [0, 0.1) is 0 Å². The highest BCUT2D eigenvalue weighted by molar-refractivity contribution is 6.39. The second-order valence-corrected chi connectivity index (χ2v) is 11.5. The molecule has 2 heterocycles. The quantitative estimate of drug-likeness (QED) is 0.185. The molecule has 0 radical (unpaired) electrons. The first kappa shape index (κ1) is 28.9. The predicted octanol–water partition coefficient (Wildman–Crippen LogP) is 7.45. The maximum Gasteiger partial charge on any atom is 0.407 e. The lowest BCUT2D eigenvalue weighted by molar-refractivity contribution is 0.0116. The number of benzene rings is 3. The molecule has 1 fully saturated rings. The van der Waals surface area contributed by atoms with Crippen LogP contribution in [-0.4, -0.2) is 64.8 Å². The van der Waals surface area contributed by atoms with E-state index < -0.39 is 6.09 Å². The van der Waals surface area contributed by atoms with E-state index >= 15 is 0 Å². The van der Waals surface area contributed by atoms with Crippen molar-refractivity contribution < 1.29 is 14.6 Å². The smallest absolute Gasteiger partial charge is 0.407 e. The van der Waals surface area contributed by atoms with Crippen molar-refractivity contribution in [3.63, 3.8) is 0 Å². The summed E-state index contributed by atoms with van der Waals surface area (Å²) in [5.74, 6) is 0.670. The van der Waals surface area contributed by atoms with Crippen LogP contribution in [0.15, 0.2) is 60.7 Å². The van der Waals surface area contributed by atoms with Gasteiger partial charge in [0.15, 0.2) is 5.82 Å². The molecule has 3 N–H and O–H groups in total. The van der Waals surface area contributed by atoms with Crippen LogP contribution in [0.4, 0.5) is 33.4 Å². The van der Waals surface area contributed by atoms with Crippen molar-refractivity contribution in [1.29, 1.82) is 0 Å². The number of hydrogen-bond donors (Lipinski definition) is 3. The van der Waals surface area contributed by atoms with Crippen LogP contribution in [0.3, 0.4) is 0 Å². The number of nitrogens with zero attached hydrogens (tertiary/aromatic N) is 4. The maximum atomic E-state index is 11.2. The molecule has 1 amide bonds. The van der Waals surface area contributed by atoms with Gasteiger partial charge in [-0.3, -0.25) is 4.68 Å². The van der Waals surface area contributed by atoms with Crippen LogP contribution in [0.5, 0.6) is 0 Å². The van der Waals surface area contributed by atoms with E-state index in [1.807, 2.05) is 35.0 Å². The number of fused-ring (bicyclic) bond motifs is 1. The Balaban J connectivity index is 1.38. The van der Waals surface area contributed by atoms with Crippen molar-refractivity contribution in [1.82, 2.24) is 14.7 Å². The minimum atomic E-state index is -0.861. The van der Waals surface area contributed by atoms with Crippen molar-refractivity contribution in [2.75, 3.05) is 48.8 Å². The number of methoxy groups -OCH3 is 1. The van der Waals surface area contributed by atoms with Crippen LogP contribution in [0.2, 0.25) is 10.0 Å². The van der Waals surface area contributed by atoms with Gasteiger partial charge in [-0.15, -0.1) is 0 Å². The summed E-state index contributed by atoms with van der Waals surface area (Å²) in [7, 11) is 1.72. The summed E-state index contributed by atoms with van der Waals surface area (Å²) in [5, 5.41) is 22.9. The molecule has 0 spiro atoms. The lowest BCUT2D eigenvalue weighted by Crippen LogP contribution is -2.48. The molecule has 41 heavy (non-hydrogen) atoms. The number of aromatic nitrogens is 2. The molecule has 1 aromatic heterocycles. The number of aryl methyl sites for hydroxylation is 1. The lowest BCUT2D eigenvalue weighted by Gasteiger charge is -2.34. The second kappa shape index (κ2) is 12.1. The maximum absolute atomic E-state index is 11.2. The normalized spacial score (nSPS) is 14.0. The summed E-state index contributed by atoms with van der Waals surface area (Å²) >= 11 is 12.9. The number of nitrogens with one attached hydrogen (secondary N) is 2. The summed E-state index contributed by atoms with van der Waals surface area (Å²) in [6, 6.07) is 19.7. The van der Waals surface area contributed by atoms with Crippen LogP contribution in [0.1, 0.15) is 20.3 Å². The molecule has 1 aliphatic rings. The van der Waals surface area contributed by atoms with Gasteiger partial charge in [-0.1, -0.05) is 29.3 Å². The van der Waals surface area contributed by atoms with E-state index in [1.165, 1.54) is 4.90 Å². The summed E-state index contributed by atoms with van der Waals surface area (Å²) in [6.07, 6.45) is -0.0904. The van der Waals surface area contributed by atoms with Gasteiger partial charge in [-0.05, 0) is 74.9 Å². The topological polar surface area (TPSA) is 94.9 Å². The second-order valence-electron chi connectivity index (χ2n) is 10.7. The molecule has 3 aromatic carbocycles. The monoisotopic (exact) mass is 596 g/mol. The van der Waals surface area contributed by atoms with Crippen LogP contribution < -0.4 is 15.5 Å². The Bertz CT molecular complexity index is 1510. The number of anilines is 5. The highest BCUT2D eigenvalue weighted by Crippen LogP contribution is 2.36. The van der Waals surface area contributed by atoms with Gasteiger partial charge in [0.25, 0.3) is 0 Å². The van der Waals surface area contributed by atoms with Crippen molar-refractivity contribution >= 4 is 68.8 Å². The number of para-hydroxylation sites is 1. The molecule has 0 atom stereocenters. The minimum absolute atomic E-state index is 0.296. The number of halogens is 2. The average molecular weight is 598 g/mol. The van der Waals surface area contributed by atoms with E-state index in [9.17, 15) is 9.90 Å². The molecule has 0 saturated carbocycles. The van der Waals surface area contributed by atoms with Crippen molar-refractivity contribution in [2.45, 2.75) is 32.4 Å². The number of amides is 1. The fourth-order valence-electron chi connectivity index (χ4n) is 4.81. The molecule has 1 aliphatic heterocycles. The van der Waals surface area contributed by atoms with Crippen LogP contribution in [-0.2, 0) is 11.3 Å². The van der Waals surface area contributed by atoms with Crippen LogP contribution in [0.25, 0.3) is 10.9 Å². The third kappa shape index (κ3) is 6.64. The fourth-order valence-corrected chi connectivity index (χ4v) is 5.30. The van der Waals surface area contributed by atoms with Crippen molar-refractivity contribution in [3.8, 4) is 0 Å². The third-order valence-corrected chi connectivity index (χ3v) is 8.14. The van der Waals surface area contributed by atoms with Crippen LogP contribution >= 0.6 is 23.2 Å². The Labute approximate surface area is 249 Å². The fraction of sp³-hybridized carbons (Fsp3) is 0.333. The minimum Gasteiger partial charge on any atom is -0.465 e. The van der Waals surface area contributed by atoms with Gasteiger partial charge in [-0.2, -0.15) is 5.10 Å².